The fraction of sp³-hybridized carbons (Fsp3) is 0.409. The smallest absolute Gasteiger partial charge is 0.164 e. The molecule has 0 amide bonds. The number of nitrogens with zero attached hydrogens (tertiary/aromatic N) is 7. The molecule has 5 rings (SSSR count). The van der Waals surface area contributed by atoms with Crippen molar-refractivity contribution in [2.45, 2.75) is 52.3 Å². The highest BCUT2D eigenvalue weighted by Crippen LogP contribution is 2.31. The van der Waals surface area contributed by atoms with E-state index in [2.05, 4.69) is 33.9 Å². The summed E-state index contributed by atoms with van der Waals surface area (Å²) in [6.07, 6.45) is 8.51. The van der Waals surface area contributed by atoms with Crippen LogP contribution in [0.4, 0.5) is 5.82 Å². The number of nitrogens with two attached hydrogens (primary N) is 1. The maximum absolute atomic E-state index is 9.65. The number of hydrogen-bond donors (Lipinski definition) is 2. The average Bonchev–Trinajstić information content (AvgIpc) is 3.36. The molecule has 9 nitrogen and oxygen atoms in total. The van der Waals surface area contributed by atoms with Crippen LogP contribution < -0.4 is 5.73 Å². The number of hydrogen-bond acceptors (Lipinski definition) is 7. The number of pyridine rings is 1. The Morgan fingerprint density at radius 1 is 1.19 bits per heavy atom. The zero-order chi connectivity index (χ0) is 21.5. The lowest BCUT2D eigenvalue weighted by Gasteiger charge is -2.12. The van der Waals surface area contributed by atoms with Gasteiger partial charge in [-0.05, 0) is 44.7 Å². The number of imidazole rings is 1. The summed E-state index contributed by atoms with van der Waals surface area (Å²) in [6, 6.07) is 4.09. The van der Waals surface area contributed by atoms with Crippen LogP contribution in [0.3, 0.4) is 0 Å². The van der Waals surface area contributed by atoms with Crippen LogP contribution in [0.15, 0.2) is 30.7 Å². The quantitative estimate of drug-likeness (QED) is 0.473. The van der Waals surface area contributed by atoms with E-state index in [-0.39, 0.29) is 12.6 Å². The first-order valence-corrected chi connectivity index (χ1v) is 10.6. The zero-order valence-corrected chi connectivity index (χ0v) is 17.7. The van der Waals surface area contributed by atoms with E-state index in [4.69, 9.17) is 10.7 Å². The van der Waals surface area contributed by atoms with Gasteiger partial charge in [-0.1, -0.05) is 0 Å². The van der Waals surface area contributed by atoms with Crippen LogP contribution in [-0.4, -0.2) is 39.4 Å². The molecule has 160 valence electrons. The lowest BCUT2D eigenvalue weighted by molar-refractivity contribution is 0.263. The third-order valence-corrected chi connectivity index (χ3v) is 5.61. The monoisotopic (exact) mass is 418 g/mol. The van der Waals surface area contributed by atoms with Gasteiger partial charge >= 0.3 is 0 Å². The lowest BCUT2D eigenvalue weighted by atomic mass is 10.2. The molecule has 1 aliphatic carbocycles. The van der Waals surface area contributed by atoms with E-state index >= 15 is 0 Å². The summed E-state index contributed by atoms with van der Waals surface area (Å²) in [7, 11) is 0. The van der Waals surface area contributed by atoms with Gasteiger partial charge in [-0.2, -0.15) is 5.10 Å². The Balaban J connectivity index is 1.44. The van der Waals surface area contributed by atoms with Crippen molar-refractivity contribution in [3.8, 4) is 11.4 Å². The third-order valence-electron chi connectivity index (χ3n) is 5.61. The van der Waals surface area contributed by atoms with Crippen molar-refractivity contribution in [1.29, 1.82) is 0 Å². The minimum absolute atomic E-state index is 0.104. The standard InChI is InChI=1S/C22H26N8O/c1-13(2)30-19-8-16(25-9-18(19)27-20(30)12-31)7-15-5-6-24-22(26-15)17-11-29(28-21(17)23)10-14-3-4-14/h5-6,8-9,11,13-14,31H,3-4,7,10,12H2,1-2H3,(H2,23,28). The van der Waals surface area contributed by atoms with Crippen molar-refractivity contribution in [2.75, 3.05) is 5.73 Å². The summed E-state index contributed by atoms with van der Waals surface area (Å²) >= 11 is 0. The Morgan fingerprint density at radius 3 is 2.77 bits per heavy atom. The summed E-state index contributed by atoms with van der Waals surface area (Å²) in [5.41, 5.74) is 10.4. The third kappa shape index (κ3) is 3.88. The van der Waals surface area contributed by atoms with Crippen molar-refractivity contribution < 1.29 is 5.11 Å². The fourth-order valence-corrected chi connectivity index (χ4v) is 3.95. The highest BCUT2D eigenvalue weighted by atomic mass is 16.3. The van der Waals surface area contributed by atoms with Gasteiger partial charge in [0.1, 0.15) is 17.9 Å². The molecule has 31 heavy (non-hydrogen) atoms. The SMILES string of the molecule is CC(C)n1c(CO)nc2cnc(Cc3ccnc(-c4cn(CC5CC5)nc4N)n3)cc21. The van der Waals surface area contributed by atoms with E-state index in [1.807, 2.05) is 27.6 Å². The lowest BCUT2D eigenvalue weighted by Crippen LogP contribution is -2.06. The second-order valence-corrected chi connectivity index (χ2v) is 8.46. The number of rotatable bonds is 7. The molecule has 0 bridgehead atoms. The highest BCUT2D eigenvalue weighted by Gasteiger charge is 2.23. The summed E-state index contributed by atoms with van der Waals surface area (Å²) < 4.78 is 3.94. The van der Waals surface area contributed by atoms with Crippen LogP contribution in [0.1, 0.15) is 49.9 Å². The molecular formula is C22H26N8O. The Bertz CT molecular complexity index is 1240. The zero-order valence-electron chi connectivity index (χ0n) is 17.7. The van der Waals surface area contributed by atoms with E-state index in [9.17, 15) is 5.11 Å². The van der Waals surface area contributed by atoms with Crippen molar-refractivity contribution in [3.63, 3.8) is 0 Å². The maximum Gasteiger partial charge on any atom is 0.164 e. The Hall–Kier alpha value is -3.33. The first-order valence-electron chi connectivity index (χ1n) is 10.6. The molecule has 1 saturated carbocycles. The van der Waals surface area contributed by atoms with Gasteiger partial charge in [0.15, 0.2) is 11.6 Å². The van der Waals surface area contributed by atoms with Crippen LogP contribution in [-0.2, 0) is 19.6 Å². The van der Waals surface area contributed by atoms with Crippen LogP contribution in [0, 0.1) is 5.92 Å². The van der Waals surface area contributed by atoms with Crippen molar-refractivity contribution in [1.82, 2.24) is 34.3 Å². The molecule has 0 spiro atoms. The van der Waals surface area contributed by atoms with Crippen LogP contribution in [0.25, 0.3) is 22.4 Å². The fourth-order valence-electron chi connectivity index (χ4n) is 3.95. The van der Waals surface area contributed by atoms with E-state index in [1.165, 1.54) is 12.8 Å². The van der Waals surface area contributed by atoms with Gasteiger partial charge < -0.3 is 15.4 Å². The van der Waals surface area contributed by atoms with Gasteiger partial charge in [0, 0.05) is 37.1 Å². The van der Waals surface area contributed by atoms with E-state index < -0.39 is 0 Å². The van der Waals surface area contributed by atoms with E-state index in [0.29, 0.717) is 29.8 Å². The van der Waals surface area contributed by atoms with E-state index in [1.54, 1.807) is 12.4 Å². The molecule has 4 aromatic heterocycles. The summed E-state index contributed by atoms with van der Waals surface area (Å²) in [6.45, 7) is 4.94. The van der Waals surface area contributed by atoms with Crippen molar-refractivity contribution in [3.05, 3.63) is 47.9 Å². The largest absolute Gasteiger partial charge is 0.388 e. The van der Waals surface area contributed by atoms with Gasteiger partial charge in [-0.3, -0.25) is 9.67 Å². The minimum Gasteiger partial charge on any atom is -0.388 e. The van der Waals surface area contributed by atoms with Crippen LogP contribution in [0.2, 0.25) is 0 Å². The number of anilines is 1. The maximum atomic E-state index is 9.65. The number of aliphatic hydroxyl groups is 1. The molecule has 9 heteroatoms. The van der Waals surface area contributed by atoms with Crippen LogP contribution >= 0.6 is 0 Å². The van der Waals surface area contributed by atoms with Crippen molar-refractivity contribution in [2.24, 2.45) is 5.92 Å². The average molecular weight is 419 g/mol. The molecule has 1 aliphatic rings. The van der Waals surface area contributed by atoms with Gasteiger partial charge in [0.25, 0.3) is 0 Å². The van der Waals surface area contributed by atoms with Gasteiger partial charge in [0.2, 0.25) is 0 Å². The summed E-state index contributed by atoms with van der Waals surface area (Å²) in [5, 5.41) is 14.1. The number of fused-ring (bicyclic) bond motifs is 1. The summed E-state index contributed by atoms with van der Waals surface area (Å²) in [4.78, 5) is 18.2. The predicted octanol–water partition coefficient (Wildman–Crippen LogP) is 2.74. The van der Waals surface area contributed by atoms with Gasteiger partial charge in [0.05, 0.1) is 23.0 Å². The number of aromatic nitrogens is 7. The Morgan fingerprint density at radius 2 is 2.03 bits per heavy atom. The first-order chi connectivity index (χ1) is 15.0. The Kier molecular flexibility index (Phi) is 4.90. The molecule has 1 fully saturated rings. The molecule has 0 radical (unpaired) electrons. The molecule has 4 heterocycles. The highest BCUT2D eigenvalue weighted by molar-refractivity contribution is 5.75. The molecule has 0 unspecified atom stereocenters. The summed E-state index contributed by atoms with van der Waals surface area (Å²) in [5.74, 6) is 2.39. The van der Waals surface area contributed by atoms with Crippen molar-refractivity contribution >= 4 is 16.9 Å². The second kappa shape index (κ2) is 7.73. The molecule has 0 saturated heterocycles. The predicted molar refractivity (Wildman–Crippen MR) is 117 cm³/mol. The molecule has 0 atom stereocenters. The normalized spacial score (nSPS) is 14.1. The number of aliphatic hydroxyl groups excluding tert-OH is 1. The number of nitrogen functional groups attached to an aromatic ring is 1. The van der Waals surface area contributed by atoms with E-state index in [0.717, 1.165) is 34.5 Å². The molecule has 0 aliphatic heterocycles. The molecular weight excluding hydrogens is 392 g/mol. The molecule has 3 N–H and O–H groups in total. The first kappa shape index (κ1) is 19.6. The minimum atomic E-state index is -0.104. The second-order valence-electron chi connectivity index (χ2n) is 8.46. The molecule has 0 aromatic carbocycles. The van der Waals surface area contributed by atoms with Crippen LogP contribution in [0.5, 0.6) is 0 Å². The van der Waals surface area contributed by atoms with Gasteiger partial charge in [-0.15, -0.1) is 0 Å². The Labute approximate surface area is 180 Å². The molecule has 4 aromatic rings. The topological polar surface area (TPSA) is 121 Å². The van der Waals surface area contributed by atoms with Gasteiger partial charge in [-0.25, -0.2) is 15.0 Å².